The number of hydrogen-bond donors (Lipinski definition) is 1. The molecule has 1 N–H and O–H groups in total. The molecule has 9 heteroatoms. The highest BCUT2D eigenvalue weighted by atomic mass is 16.2. The zero-order valence-electron chi connectivity index (χ0n) is 16.2. The van der Waals surface area contributed by atoms with Crippen molar-refractivity contribution >= 4 is 5.91 Å². The van der Waals surface area contributed by atoms with Crippen molar-refractivity contribution in [3.63, 3.8) is 0 Å². The van der Waals surface area contributed by atoms with Crippen LogP contribution in [0.25, 0.3) is 17.1 Å². The molecule has 0 radical (unpaired) electrons. The fourth-order valence-electron chi connectivity index (χ4n) is 2.92. The van der Waals surface area contributed by atoms with Crippen LogP contribution in [0.3, 0.4) is 0 Å². The molecule has 1 amide bonds. The van der Waals surface area contributed by atoms with Gasteiger partial charge in [0.05, 0.1) is 17.9 Å². The van der Waals surface area contributed by atoms with Crippen molar-refractivity contribution in [1.29, 1.82) is 0 Å². The van der Waals surface area contributed by atoms with Crippen molar-refractivity contribution in [2.45, 2.75) is 19.5 Å². The van der Waals surface area contributed by atoms with E-state index in [1.165, 1.54) is 17.1 Å². The summed E-state index contributed by atoms with van der Waals surface area (Å²) in [5.41, 5.74) is 2.02. The minimum Gasteiger partial charge on any atom is -0.349 e. The number of amides is 1. The van der Waals surface area contributed by atoms with Crippen LogP contribution in [0.2, 0.25) is 0 Å². The molecule has 1 aromatic carbocycles. The van der Waals surface area contributed by atoms with Crippen LogP contribution < -0.4 is 10.9 Å². The molecule has 0 aliphatic rings. The molecule has 0 aliphatic heterocycles. The van der Waals surface area contributed by atoms with E-state index < -0.39 is 6.04 Å². The summed E-state index contributed by atoms with van der Waals surface area (Å²) in [6, 6.07) is 15.4. The van der Waals surface area contributed by atoms with Crippen LogP contribution in [0, 0.1) is 0 Å². The molecule has 0 aliphatic carbocycles. The van der Waals surface area contributed by atoms with Gasteiger partial charge in [-0.1, -0.05) is 30.3 Å². The maximum absolute atomic E-state index is 12.6. The van der Waals surface area contributed by atoms with Gasteiger partial charge in [-0.15, -0.1) is 5.10 Å². The second-order valence-electron chi connectivity index (χ2n) is 6.58. The van der Waals surface area contributed by atoms with Crippen LogP contribution in [-0.4, -0.2) is 35.4 Å². The normalized spacial score (nSPS) is 11.8. The first-order chi connectivity index (χ1) is 14.6. The molecule has 1 unspecified atom stereocenters. The fourth-order valence-corrected chi connectivity index (χ4v) is 2.92. The topological polar surface area (TPSA) is 108 Å². The van der Waals surface area contributed by atoms with Crippen LogP contribution in [0.4, 0.5) is 0 Å². The standard InChI is InChI=1S/C21H19N7O2/c1-15(28-20(29)9-8-19(26-28)27-11-5-10-25-27)21(30)22-13-17-12-18(24-14-23-17)16-6-3-2-4-7-16/h2-12,14-15H,13H2,1H3,(H,22,30). The van der Waals surface area contributed by atoms with Crippen molar-refractivity contribution in [3.8, 4) is 17.1 Å². The van der Waals surface area contributed by atoms with Gasteiger partial charge >= 0.3 is 0 Å². The number of hydrogen-bond acceptors (Lipinski definition) is 6. The zero-order chi connectivity index (χ0) is 20.9. The van der Waals surface area contributed by atoms with Gasteiger partial charge in [0.2, 0.25) is 5.91 Å². The molecule has 0 saturated heterocycles. The molecule has 4 rings (SSSR count). The summed E-state index contributed by atoms with van der Waals surface area (Å²) in [6.45, 7) is 1.82. The summed E-state index contributed by atoms with van der Waals surface area (Å²) in [7, 11) is 0. The first-order valence-electron chi connectivity index (χ1n) is 9.36. The molecule has 9 nitrogen and oxygen atoms in total. The largest absolute Gasteiger partial charge is 0.349 e. The molecule has 0 spiro atoms. The lowest BCUT2D eigenvalue weighted by Gasteiger charge is -2.15. The Bertz CT molecular complexity index is 1200. The number of nitrogens with zero attached hydrogens (tertiary/aromatic N) is 6. The molecule has 3 aromatic heterocycles. The van der Waals surface area contributed by atoms with Gasteiger partial charge in [-0.05, 0) is 25.1 Å². The average molecular weight is 401 g/mol. The molecule has 150 valence electrons. The summed E-state index contributed by atoms with van der Waals surface area (Å²) in [6.07, 6.45) is 4.78. The Morgan fingerprint density at radius 1 is 1.10 bits per heavy atom. The number of nitrogens with one attached hydrogen (secondary N) is 1. The second kappa shape index (κ2) is 8.48. The van der Waals surface area contributed by atoms with Crippen molar-refractivity contribution in [1.82, 2.24) is 34.8 Å². The summed E-state index contributed by atoms with van der Waals surface area (Å²) >= 11 is 0. The number of carbonyl (C=O) groups is 1. The van der Waals surface area contributed by atoms with Crippen molar-refractivity contribution in [2.75, 3.05) is 0 Å². The maximum Gasteiger partial charge on any atom is 0.267 e. The third-order valence-electron chi connectivity index (χ3n) is 4.53. The molecular weight excluding hydrogens is 382 g/mol. The average Bonchev–Trinajstić information content (AvgIpc) is 3.33. The highest BCUT2D eigenvalue weighted by Crippen LogP contribution is 2.16. The number of benzene rings is 1. The van der Waals surface area contributed by atoms with Crippen LogP contribution in [-0.2, 0) is 11.3 Å². The van der Waals surface area contributed by atoms with E-state index in [4.69, 9.17) is 0 Å². The van der Waals surface area contributed by atoms with E-state index in [9.17, 15) is 9.59 Å². The summed E-state index contributed by atoms with van der Waals surface area (Å²) < 4.78 is 2.66. The van der Waals surface area contributed by atoms with E-state index in [1.807, 2.05) is 36.4 Å². The first kappa shape index (κ1) is 19.2. The smallest absolute Gasteiger partial charge is 0.267 e. The molecule has 4 aromatic rings. The maximum atomic E-state index is 12.6. The van der Waals surface area contributed by atoms with Crippen LogP contribution in [0.15, 0.2) is 78.1 Å². The van der Waals surface area contributed by atoms with Gasteiger partial charge in [-0.25, -0.2) is 19.3 Å². The Kier molecular flexibility index (Phi) is 5.42. The molecule has 3 heterocycles. The van der Waals surface area contributed by atoms with E-state index >= 15 is 0 Å². The number of aromatic nitrogens is 6. The molecular formula is C21H19N7O2. The van der Waals surface area contributed by atoms with Crippen molar-refractivity contribution in [3.05, 3.63) is 89.4 Å². The van der Waals surface area contributed by atoms with Gasteiger partial charge in [-0.3, -0.25) is 9.59 Å². The van der Waals surface area contributed by atoms with Gasteiger partial charge in [0, 0.05) is 24.0 Å². The third kappa shape index (κ3) is 4.14. The van der Waals surface area contributed by atoms with Crippen LogP contribution in [0.1, 0.15) is 18.7 Å². The zero-order valence-corrected chi connectivity index (χ0v) is 16.2. The summed E-state index contributed by atoms with van der Waals surface area (Å²) in [4.78, 5) is 33.4. The molecule has 0 bridgehead atoms. The van der Waals surface area contributed by atoms with Crippen LogP contribution >= 0.6 is 0 Å². The Hall–Kier alpha value is -4.14. The molecule has 0 saturated carbocycles. The fraction of sp³-hybridized carbons (Fsp3) is 0.143. The van der Waals surface area contributed by atoms with Gasteiger partial charge < -0.3 is 5.32 Å². The number of rotatable bonds is 6. The quantitative estimate of drug-likeness (QED) is 0.528. The van der Waals surface area contributed by atoms with Gasteiger partial charge in [0.25, 0.3) is 5.56 Å². The predicted molar refractivity (Wildman–Crippen MR) is 110 cm³/mol. The van der Waals surface area contributed by atoms with Crippen molar-refractivity contribution < 1.29 is 4.79 Å². The van der Waals surface area contributed by atoms with Crippen molar-refractivity contribution in [2.24, 2.45) is 0 Å². The molecule has 0 fully saturated rings. The van der Waals surface area contributed by atoms with Gasteiger partial charge in [0.15, 0.2) is 5.82 Å². The lowest BCUT2D eigenvalue weighted by molar-refractivity contribution is -0.124. The van der Waals surface area contributed by atoms with Crippen LogP contribution in [0.5, 0.6) is 0 Å². The first-order valence-corrected chi connectivity index (χ1v) is 9.36. The van der Waals surface area contributed by atoms with E-state index in [2.05, 4.69) is 25.5 Å². The lowest BCUT2D eigenvalue weighted by atomic mass is 10.1. The Morgan fingerprint density at radius 3 is 2.70 bits per heavy atom. The van der Waals surface area contributed by atoms with Gasteiger partial charge in [-0.2, -0.15) is 5.10 Å². The summed E-state index contributed by atoms with van der Waals surface area (Å²) in [5.74, 6) is 0.102. The van der Waals surface area contributed by atoms with E-state index in [-0.39, 0.29) is 18.0 Å². The molecule has 30 heavy (non-hydrogen) atoms. The summed E-state index contributed by atoms with van der Waals surface area (Å²) in [5, 5.41) is 11.2. The Labute approximate surface area is 172 Å². The monoisotopic (exact) mass is 401 g/mol. The second-order valence-corrected chi connectivity index (χ2v) is 6.58. The van der Waals surface area contributed by atoms with E-state index in [0.717, 1.165) is 15.9 Å². The van der Waals surface area contributed by atoms with Gasteiger partial charge in [0.1, 0.15) is 12.4 Å². The lowest BCUT2D eigenvalue weighted by Crippen LogP contribution is -2.37. The SMILES string of the molecule is CC(C(=O)NCc1cc(-c2ccccc2)ncn1)n1nc(-n2cccn2)ccc1=O. The third-order valence-corrected chi connectivity index (χ3v) is 4.53. The number of carbonyl (C=O) groups excluding carboxylic acids is 1. The predicted octanol–water partition coefficient (Wildman–Crippen LogP) is 1.76. The van der Waals surface area contributed by atoms with E-state index in [1.54, 1.807) is 31.5 Å². The Morgan fingerprint density at radius 2 is 1.93 bits per heavy atom. The Balaban J connectivity index is 1.47. The highest BCUT2D eigenvalue weighted by Gasteiger charge is 2.18. The highest BCUT2D eigenvalue weighted by molar-refractivity contribution is 5.79. The minimum atomic E-state index is -0.802. The minimum absolute atomic E-state index is 0.207. The molecule has 1 atom stereocenters. The van der Waals surface area contributed by atoms with E-state index in [0.29, 0.717) is 11.5 Å².